The molecule has 4 rings (SSSR count). The van der Waals surface area contributed by atoms with E-state index < -0.39 is 0 Å². The first kappa shape index (κ1) is 25.0. The van der Waals surface area contributed by atoms with Crippen LogP contribution in [0.1, 0.15) is 31.2 Å². The molecule has 6 nitrogen and oxygen atoms in total. The van der Waals surface area contributed by atoms with Crippen molar-refractivity contribution >= 4 is 40.9 Å². The van der Waals surface area contributed by atoms with Crippen LogP contribution in [0.15, 0.2) is 47.6 Å². The number of amides is 1. The molecule has 3 aromatic rings. The third kappa shape index (κ3) is 6.54. The second-order valence-corrected chi connectivity index (χ2v) is 10.3. The number of carbonyl (C=O) groups is 1. The van der Waals surface area contributed by atoms with Gasteiger partial charge in [0, 0.05) is 30.8 Å². The monoisotopic (exact) mass is 517 g/mol. The van der Waals surface area contributed by atoms with Crippen molar-refractivity contribution in [3.8, 4) is 17.1 Å². The Bertz CT molecular complexity index is 1110. The number of nitrogens with zero attached hydrogens (tertiary/aromatic N) is 4. The molecule has 2 aromatic carbocycles. The van der Waals surface area contributed by atoms with Crippen molar-refractivity contribution in [3.63, 3.8) is 0 Å². The maximum Gasteiger partial charge on any atom is 0.220 e. The summed E-state index contributed by atoms with van der Waals surface area (Å²) in [4.78, 5) is 14.6. The normalized spacial score (nSPS) is 14.0. The van der Waals surface area contributed by atoms with E-state index in [1.54, 1.807) is 17.8 Å². The molecule has 0 aliphatic carbocycles. The summed E-state index contributed by atoms with van der Waals surface area (Å²) in [6.45, 7) is 6.01. The molecule has 34 heavy (non-hydrogen) atoms. The van der Waals surface area contributed by atoms with Gasteiger partial charge in [0.2, 0.25) is 5.91 Å². The van der Waals surface area contributed by atoms with Gasteiger partial charge >= 0.3 is 0 Å². The largest absolute Gasteiger partial charge is 0.355 e. The first-order valence-electron chi connectivity index (χ1n) is 11.6. The Hall–Kier alpha value is -2.06. The minimum absolute atomic E-state index is 0.103. The van der Waals surface area contributed by atoms with Crippen LogP contribution in [0.3, 0.4) is 0 Å². The van der Waals surface area contributed by atoms with E-state index in [-0.39, 0.29) is 5.91 Å². The van der Waals surface area contributed by atoms with E-state index in [9.17, 15) is 4.79 Å². The van der Waals surface area contributed by atoms with Crippen molar-refractivity contribution < 1.29 is 4.79 Å². The summed E-state index contributed by atoms with van der Waals surface area (Å²) in [6, 6.07) is 13.7. The van der Waals surface area contributed by atoms with Gasteiger partial charge in [0.05, 0.1) is 15.7 Å². The predicted octanol–water partition coefficient (Wildman–Crippen LogP) is 5.63. The zero-order chi connectivity index (χ0) is 23.9. The van der Waals surface area contributed by atoms with Crippen LogP contribution in [0.4, 0.5) is 0 Å². The molecule has 0 saturated carbocycles. The van der Waals surface area contributed by atoms with Gasteiger partial charge in [-0.25, -0.2) is 0 Å². The fraction of sp³-hybridized carbons (Fsp3) is 0.400. The number of halogens is 2. The number of benzene rings is 2. The van der Waals surface area contributed by atoms with Crippen molar-refractivity contribution in [1.82, 2.24) is 25.0 Å². The number of likely N-dealkylation sites (tertiary alicyclic amines) is 1. The fourth-order valence-electron chi connectivity index (χ4n) is 3.95. The third-order valence-electron chi connectivity index (χ3n) is 5.83. The van der Waals surface area contributed by atoms with E-state index in [0.717, 1.165) is 60.6 Å². The summed E-state index contributed by atoms with van der Waals surface area (Å²) in [5, 5.41) is 13.7. The summed E-state index contributed by atoms with van der Waals surface area (Å²) in [5.74, 6) is 1.60. The van der Waals surface area contributed by atoms with Crippen LogP contribution in [0, 0.1) is 6.92 Å². The Morgan fingerprint density at radius 2 is 1.82 bits per heavy atom. The number of rotatable bonds is 10. The Balaban J connectivity index is 1.39. The molecule has 1 saturated heterocycles. The lowest BCUT2D eigenvalue weighted by molar-refractivity contribution is -0.121. The Morgan fingerprint density at radius 1 is 1.06 bits per heavy atom. The van der Waals surface area contributed by atoms with Gasteiger partial charge in [-0.05, 0) is 57.5 Å². The van der Waals surface area contributed by atoms with Gasteiger partial charge < -0.3 is 10.2 Å². The van der Waals surface area contributed by atoms with Gasteiger partial charge in [-0.2, -0.15) is 0 Å². The highest BCUT2D eigenvalue weighted by Crippen LogP contribution is 2.31. The van der Waals surface area contributed by atoms with Crippen LogP contribution in [-0.2, 0) is 4.79 Å². The van der Waals surface area contributed by atoms with Crippen LogP contribution in [-0.4, -0.2) is 57.5 Å². The highest BCUT2D eigenvalue weighted by molar-refractivity contribution is 7.99. The van der Waals surface area contributed by atoms with Gasteiger partial charge in [0.15, 0.2) is 11.0 Å². The van der Waals surface area contributed by atoms with Crippen LogP contribution < -0.4 is 5.32 Å². The highest BCUT2D eigenvalue weighted by Gasteiger charge is 2.17. The van der Waals surface area contributed by atoms with E-state index in [0.29, 0.717) is 16.5 Å². The quantitative estimate of drug-likeness (QED) is 0.278. The number of hydrogen-bond donors (Lipinski definition) is 1. The second-order valence-electron chi connectivity index (χ2n) is 8.46. The molecule has 0 radical (unpaired) electrons. The highest BCUT2D eigenvalue weighted by atomic mass is 35.5. The van der Waals surface area contributed by atoms with E-state index in [1.807, 2.05) is 28.8 Å². The van der Waals surface area contributed by atoms with Gasteiger partial charge in [-0.1, -0.05) is 64.8 Å². The molecule has 1 aromatic heterocycles. The summed E-state index contributed by atoms with van der Waals surface area (Å²) >= 11 is 14.0. The lowest BCUT2D eigenvalue weighted by Crippen LogP contribution is -2.33. The molecule has 1 amide bonds. The third-order valence-corrected chi connectivity index (χ3v) is 7.59. The van der Waals surface area contributed by atoms with Crippen molar-refractivity contribution in [1.29, 1.82) is 0 Å². The Morgan fingerprint density at radius 3 is 2.56 bits per heavy atom. The van der Waals surface area contributed by atoms with Crippen LogP contribution >= 0.6 is 35.0 Å². The van der Waals surface area contributed by atoms with Gasteiger partial charge in [0.25, 0.3) is 0 Å². The Labute approximate surface area is 215 Å². The molecule has 2 heterocycles. The lowest BCUT2D eigenvalue weighted by atomic mass is 10.1. The number of hydrogen-bond acceptors (Lipinski definition) is 5. The molecule has 1 aliphatic heterocycles. The van der Waals surface area contributed by atoms with Gasteiger partial charge in [0.1, 0.15) is 0 Å². The zero-order valence-electron chi connectivity index (χ0n) is 19.3. The first-order chi connectivity index (χ1) is 16.5. The fourth-order valence-corrected chi connectivity index (χ4v) is 5.14. The van der Waals surface area contributed by atoms with Crippen LogP contribution in [0.2, 0.25) is 10.0 Å². The average Bonchev–Trinajstić information content (AvgIpc) is 3.49. The van der Waals surface area contributed by atoms with Crippen molar-refractivity contribution in [2.75, 3.05) is 31.9 Å². The topological polar surface area (TPSA) is 63.1 Å². The molecule has 0 unspecified atom stereocenters. The van der Waals surface area contributed by atoms with Gasteiger partial charge in [-0.15, -0.1) is 10.2 Å². The number of nitrogens with one attached hydrogen (secondary N) is 1. The molecule has 180 valence electrons. The van der Waals surface area contributed by atoms with Crippen LogP contribution in [0.25, 0.3) is 17.1 Å². The van der Waals surface area contributed by atoms with E-state index in [1.165, 1.54) is 18.4 Å². The molecule has 9 heteroatoms. The average molecular weight is 519 g/mol. The number of aromatic nitrogens is 3. The summed E-state index contributed by atoms with van der Waals surface area (Å²) in [6.07, 6.45) is 3.79. The van der Waals surface area contributed by atoms with E-state index in [4.69, 9.17) is 23.2 Å². The molecule has 0 bridgehead atoms. The molecular formula is C25H29Cl2N5OS. The number of thioether (sulfide) groups is 1. The van der Waals surface area contributed by atoms with Crippen LogP contribution in [0.5, 0.6) is 0 Å². The summed E-state index contributed by atoms with van der Waals surface area (Å²) in [7, 11) is 0. The lowest BCUT2D eigenvalue weighted by Gasteiger charge is -2.14. The molecule has 0 atom stereocenters. The standard InChI is InChI=1S/C25H29Cl2N5OS/c1-18-6-8-19(9-7-18)24-29-30-25(32(24)20-10-11-21(26)22(27)17-20)34-16-4-5-23(33)28-12-15-31-13-2-3-14-31/h6-11,17H,2-5,12-16H2,1H3,(H,28,33). The van der Waals surface area contributed by atoms with E-state index in [2.05, 4.69) is 39.5 Å². The predicted molar refractivity (Wildman–Crippen MR) is 140 cm³/mol. The molecular weight excluding hydrogens is 489 g/mol. The SMILES string of the molecule is Cc1ccc(-c2nnc(SCCCC(=O)NCCN3CCCC3)n2-c2ccc(Cl)c(Cl)c2)cc1. The molecule has 1 N–H and O–H groups in total. The molecule has 1 aliphatic rings. The minimum atomic E-state index is 0.103. The maximum absolute atomic E-state index is 12.2. The van der Waals surface area contributed by atoms with Crippen molar-refractivity contribution in [2.45, 2.75) is 37.8 Å². The number of carbonyl (C=O) groups excluding carboxylic acids is 1. The van der Waals surface area contributed by atoms with Crippen molar-refractivity contribution in [2.24, 2.45) is 0 Å². The van der Waals surface area contributed by atoms with Gasteiger partial charge in [-0.3, -0.25) is 9.36 Å². The summed E-state index contributed by atoms with van der Waals surface area (Å²) in [5.41, 5.74) is 2.99. The van der Waals surface area contributed by atoms with E-state index >= 15 is 0 Å². The van der Waals surface area contributed by atoms with Crippen molar-refractivity contribution in [3.05, 3.63) is 58.1 Å². The first-order valence-corrected chi connectivity index (χ1v) is 13.3. The second kappa shape index (κ2) is 12.1. The molecule has 0 spiro atoms. The smallest absolute Gasteiger partial charge is 0.220 e. The number of aryl methyl sites for hydroxylation is 1. The molecule has 1 fully saturated rings. The zero-order valence-corrected chi connectivity index (χ0v) is 21.6. The Kier molecular flexibility index (Phi) is 8.89. The summed E-state index contributed by atoms with van der Waals surface area (Å²) < 4.78 is 1.99. The minimum Gasteiger partial charge on any atom is -0.355 e. The maximum atomic E-state index is 12.2.